The van der Waals surface area contributed by atoms with Crippen molar-refractivity contribution >= 4 is 17.4 Å². The molecule has 1 atom stereocenters. The molecular weight excluding hydrogens is 308 g/mol. The second-order valence-electron chi connectivity index (χ2n) is 6.22. The number of oxazole rings is 1. The number of aromatic nitrogens is 1. The first-order valence-electron chi connectivity index (χ1n) is 8.28. The highest BCUT2D eigenvalue weighted by Gasteiger charge is 2.49. The zero-order valence-corrected chi connectivity index (χ0v) is 14.0. The number of anilines is 1. The summed E-state index contributed by atoms with van der Waals surface area (Å²) in [4.78, 5) is 7.17. The molecule has 2 fully saturated rings. The first kappa shape index (κ1) is 15.1. The molecule has 2 aliphatic rings. The minimum absolute atomic E-state index is 0.0962. The molecular formula is C18H22N2O2S. The highest BCUT2D eigenvalue weighted by Crippen LogP contribution is 2.47. The van der Waals surface area contributed by atoms with Gasteiger partial charge in [0.05, 0.1) is 5.54 Å². The van der Waals surface area contributed by atoms with Crippen LogP contribution in [0.5, 0.6) is 0 Å². The van der Waals surface area contributed by atoms with Crippen LogP contribution in [0.4, 0.5) is 5.69 Å². The molecule has 2 saturated heterocycles. The monoisotopic (exact) mass is 330 g/mol. The zero-order valence-electron chi connectivity index (χ0n) is 13.2. The third kappa shape index (κ3) is 2.66. The van der Waals surface area contributed by atoms with Gasteiger partial charge in [-0.3, -0.25) is 0 Å². The molecule has 5 heteroatoms. The molecule has 0 radical (unpaired) electrons. The molecule has 0 amide bonds. The van der Waals surface area contributed by atoms with E-state index < -0.39 is 0 Å². The van der Waals surface area contributed by atoms with Gasteiger partial charge in [0.2, 0.25) is 0 Å². The fourth-order valence-corrected chi connectivity index (χ4v) is 5.30. The molecule has 1 aromatic heterocycles. The number of para-hydroxylation sites is 1. The second-order valence-corrected chi connectivity index (χ2v) is 7.33. The molecule has 2 aromatic rings. The molecule has 23 heavy (non-hydrogen) atoms. The lowest BCUT2D eigenvalue weighted by molar-refractivity contribution is 0.0388. The smallest absolute Gasteiger partial charge is 0.180 e. The van der Waals surface area contributed by atoms with E-state index in [1.54, 1.807) is 6.39 Å². The van der Waals surface area contributed by atoms with E-state index in [4.69, 9.17) is 9.15 Å². The fourth-order valence-electron chi connectivity index (χ4n) is 3.99. The van der Waals surface area contributed by atoms with E-state index >= 15 is 0 Å². The predicted octanol–water partition coefficient (Wildman–Crippen LogP) is 3.55. The molecule has 1 unspecified atom stereocenters. The molecule has 4 nitrogen and oxygen atoms in total. The van der Waals surface area contributed by atoms with Crippen LogP contribution in [-0.2, 0) is 10.3 Å². The van der Waals surface area contributed by atoms with Crippen LogP contribution in [0.1, 0.15) is 18.5 Å². The van der Waals surface area contributed by atoms with Crippen LogP contribution in [0.15, 0.2) is 47.4 Å². The van der Waals surface area contributed by atoms with Gasteiger partial charge in [-0.25, -0.2) is 4.98 Å². The predicted molar refractivity (Wildman–Crippen MR) is 92.8 cm³/mol. The number of benzene rings is 1. The fraction of sp³-hybridized carbons (Fsp3) is 0.500. The summed E-state index contributed by atoms with van der Waals surface area (Å²) < 4.78 is 11.0. The quantitative estimate of drug-likeness (QED) is 0.860. The molecule has 3 heterocycles. The molecule has 1 aromatic carbocycles. The molecule has 2 aliphatic heterocycles. The lowest BCUT2D eigenvalue weighted by Gasteiger charge is -2.52. The van der Waals surface area contributed by atoms with E-state index in [1.165, 1.54) is 5.69 Å². The normalized spacial score (nSPS) is 26.3. The summed E-state index contributed by atoms with van der Waals surface area (Å²) in [6.07, 6.45) is 5.57. The van der Waals surface area contributed by atoms with Gasteiger partial charge in [0.1, 0.15) is 12.0 Å². The third-order valence-corrected chi connectivity index (χ3v) is 6.22. The van der Waals surface area contributed by atoms with E-state index in [2.05, 4.69) is 40.2 Å². The topological polar surface area (TPSA) is 38.5 Å². The number of ether oxygens (including phenoxy) is 1. The van der Waals surface area contributed by atoms with Crippen LogP contribution < -0.4 is 4.90 Å². The van der Waals surface area contributed by atoms with Crippen molar-refractivity contribution in [3.63, 3.8) is 0 Å². The van der Waals surface area contributed by atoms with Crippen LogP contribution in [0, 0.1) is 5.92 Å². The standard InChI is InChI=1S/C18H22N2O2S/c1-2-4-16(5-3-1)20-8-11-23-13-18(20,17-12-22-14-19-17)15-6-9-21-10-7-15/h1-5,12,14-15H,6-11,13H2. The van der Waals surface area contributed by atoms with Crippen LogP contribution in [0.2, 0.25) is 0 Å². The van der Waals surface area contributed by atoms with Gasteiger partial charge >= 0.3 is 0 Å². The van der Waals surface area contributed by atoms with Gasteiger partial charge < -0.3 is 14.1 Å². The molecule has 0 spiro atoms. The Morgan fingerprint density at radius 3 is 2.74 bits per heavy atom. The Morgan fingerprint density at radius 2 is 2.00 bits per heavy atom. The summed E-state index contributed by atoms with van der Waals surface area (Å²) in [7, 11) is 0. The van der Waals surface area contributed by atoms with Crippen LogP contribution in [-0.4, -0.2) is 36.2 Å². The number of rotatable bonds is 3. The van der Waals surface area contributed by atoms with Crippen molar-refractivity contribution in [2.75, 3.05) is 36.2 Å². The minimum Gasteiger partial charge on any atom is -0.451 e. The van der Waals surface area contributed by atoms with Gasteiger partial charge in [0.15, 0.2) is 6.39 Å². The lowest BCUT2D eigenvalue weighted by Crippen LogP contribution is -2.58. The van der Waals surface area contributed by atoms with E-state index in [1.807, 2.05) is 18.0 Å². The first-order chi connectivity index (χ1) is 11.4. The van der Waals surface area contributed by atoms with Gasteiger partial charge in [-0.2, -0.15) is 11.8 Å². The average Bonchev–Trinajstić information content (AvgIpc) is 3.18. The number of thioether (sulfide) groups is 1. The summed E-state index contributed by atoms with van der Waals surface area (Å²) in [5.74, 6) is 2.74. The van der Waals surface area contributed by atoms with Crippen LogP contribution in [0.3, 0.4) is 0 Å². The van der Waals surface area contributed by atoms with Crippen molar-refractivity contribution in [1.82, 2.24) is 4.98 Å². The van der Waals surface area contributed by atoms with Crippen molar-refractivity contribution in [1.29, 1.82) is 0 Å². The van der Waals surface area contributed by atoms with Gasteiger partial charge in [-0.05, 0) is 30.9 Å². The SMILES string of the molecule is c1ccc(N2CCSCC2(c2cocn2)C2CCOCC2)cc1. The summed E-state index contributed by atoms with van der Waals surface area (Å²) >= 11 is 2.03. The zero-order chi connectivity index (χ0) is 15.5. The maximum atomic E-state index is 5.62. The summed E-state index contributed by atoms with van der Waals surface area (Å²) in [5, 5.41) is 0. The number of hydrogen-bond donors (Lipinski definition) is 0. The highest BCUT2D eigenvalue weighted by atomic mass is 32.2. The Kier molecular flexibility index (Phi) is 4.31. The molecule has 4 rings (SSSR count). The number of nitrogens with zero attached hydrogens (tertiary/aromatic N) is 2. The Bertz CT molecular complexity index is 613. The largest absolute Gasteiger partial charge is 0.451 e. The van der Waals surface area contributed by atoms with E-state index in [-0.39, 0.29) is 5.54 Å². The van der Waals surface area contributed by atoms with Gasteiger partial charge in [0.25, 0.3) is 0 Å². The average molecular weight is 330 g/mol. The van der Waals surface area contributed by atoms with Crippen LogP contribution >= 0.6 is 11.8 Å². The first-order valence-corrected chi connectivity index (χ1v) is 9.43. The summed E-state index contributed by atoms with van der Waals surface area (Å²) in [6.45, 7) is 2.73. The van der Waals surface area contributed by atoms with Crippen LogP contribution in [0.25, 0.3) is 0 Å². The van der Waals surface area contributed by atoms with E-state index in [0.717, 1.165) is 49.8 Å². The van der Waals surface area contributed by atoms with Gasteiger partial charge in [0, 0.05) is 37.0 Å². The molecule has 0 N–H and O–H groups in total. The Labute approximate surface area is 141 Å². The second kappa shape index (κ2) is 6.57. The maximum absolute atomic E-state index is 5.62. The van der Waals surface area contributed by atoms with Gasteiger partial charge in [-0.15, -0.1) is 0 Å². The van der Waals surface area contributed by atoms with Gasteiger partial charge in [-0.1, -0.05) is 18.2 Å². The maximum Gasteiger partial charge on any atom is 0.180 e. The van der Waals surface area contributed by atoms with E-state index in [9.17, 15) is 0 Å². The molecule has 122 valence electrons. The minimum atomic E-state index is -0.0962. The molecule has 0 saturated carbocycles. The Balaban J connectivity index is 1.81. The number of hydrogen-bond acceptors (Lipinski definition) is 5. The Hall–Kier alpha value is -1.46. The Morgan fingerprint density at radius 1 is 1.17 bits per heavy atom. The highest BCUT2D eigenvalue weighted by molar-refractivity contribution is 7.99. The van der Waals surface area contributed by atoms with E-state index in [0.29, 0.717) is 5.92 Å². The molecule has 0 aliphatic carbocycles. The van der Waals surface area contributed by atoms with Crippen molar-refractivity contribution in [2.45, 2.75) is 18.4 Å². The lowest BCUT2D eigenvalue weighted by atomic mass is 9.76. The van der Waals surface area contributed by atoms with Crippen molar-refractivity contribution in [2.24, 2.45) is 5.92 Å². The summed E-state index contributed by atoms with van der Waals surface area (Å²) in [6, 6.07) is 10.7. The van der Waals surface area contributed by atoms with Crippen molar-refractivity contribution < 1.29 is 9.15 Å². The third-order valence-electron chi connectivity index (χ3n) is 5.10. The van der Waals surface area contributed by atoms with Crippen molar-refractivity contribution in [3.05, 3.63) is 48.7 Å². The summed E-state index contributed by atoms with van der Waals surface area (Å²) in [5.41, 5.74) is 2.25. The molecule has 0 bridgehead atoms. The van der Waals surface area contributed by atoms with Crippen molar-refractivity contribution in [3.8, 4) is 0 Å².